The van der Waals surface area contributed by atoms with E-state index in [1.165, 1.54) is 32.7 Å². The molecule has 0 aromatic carbocycles. The van der Waals surface area contributed by atoms with Crippen molar-refractivity contribution >= 4 is 0 Å². The fraction of sp³-hybridized carbons (Fsp3) is 1.00. The van der Waals surface area contributed by atoms with Crippen molar-refractivity contribution in [1.29, 1.82) is 0 Å². The molecular formula is C10H20N2O. The molecule has 0 aromatic heterocycles. The van der Waals surface area contributed by atoms with Crippen LogP contribution in [0.2, 0.25) is 0 Å². The van der Waals surface area contributed by atoms with Crippen molar-refractivity contribution in [3.63, 3.8) is 0 Å². The summed E-state index contributed by atoms with van der Waals surface area (Å²) in [6, 6.07) is 0. The Morgan fingerprint density at radius 2 is 1.85 bits per heavy atom. The summed E-state index contributed by atoms with van der Waals surface area (Å²) in [5, 5.41) is 12.1. The predicted octanol–water partition coefficient (Wildman–Crippen LogP) is -0.0899. The molecule has 0 saturated carbocycles. The quantitative estimate of drug-likeness (QED) is 0.599. The van der Waals surface area contributed by atoms with Crippen LogP contribution in [0.1, 0.15) is 12.8 Å². The third-order valence-electron chi connectivity index (χ3n) is 3.35. The Labute approximate surface area is 80.1 Å². The van der Waals surface area contributed by atoms with E-state index in [0.29, 0.717) is 6.61 Å². The van der Waals surface area contributed by atoms with Gasteiger partial charge in [0.05, 0.1) is 0 Å². The van der Waals surface area contributed by atoms with Gasteiger partial charge in [0, 0.05) is 19.7 Å². The van der Waals surface area contributed by atoms with Crippen LogP contribution in [-0.2, 0) is 0 Å². The molecule has 2 heterocycles. The molecule has 2 aliphatic rings. The van der Waals surface area contributed by atoms with E-state index in [1.54, 1.807) is 0 Å². The van der Waals surface area contributed by atoms with Gasteiger partial charge < -0.3 is 15.3 Å². The number of aliphatic hydroxyl groups excluding tert-OH is 1. The molecule has 0 radical (unpaired) electrons. The second kappa shape index (κ2) is 4.40. The van der Waals surface area contributed by atoms with Crippen LogP contribution in [-0.4, -0.2) is 49.3 Å². The van der Waals surface area contributed by atoms with Crippen LogP contribution in [0.4, 0.5) is 0 Å². The molecule has 3 heteroatoms. The minimum Gasteiger partial charge on any atom is -0.396 e. The van der Waals surface area contributed by atoms with Gasteiger partial charge in [0.1, 0.15) is 0 Å². The Kier molecular flexibility index (Phi) is 3.19. The molecule has 2 atom stereocenters. The Morgan fingerprint density at radius 1 is 1.15 bits per heavy atom. The lowest BCUT2D eigenvalue weighted by Gasteiger charge is -2.16. The highest BCUT2D eigenvalue weighted by atomic mass is 16.2. The number of unbranched alkanes of at least 4 members (excludes halogenated alkanes) is 1. The minimum absolute atomic E-state index is 0.349. The van der Waals surface area contributed by atoms with Gasteiger partial charge >= 0.3 is 0 Å². The standard InChI is InChI=1S/C10H20N2O/c13-4-2-1-3-12-7-9-5-11-6-10(9)8-12/h9-11,13H,1-8H2/t9-,10+. The van der Waals surface area contributed by atoms with E-state index in [9.17, 15) is 0 Å². The zero-order chi connectivity index (χ0) is 9.10. The largest absolute Gasteiger partial charge is 0.396 e. The summed E-state index contributed by atoms with van der Waals surface area (Å²) in [6.45, 7) is 6.55. The van der Waals surface area contributed by atoms with Gasteiger partial charge in [0.15, 0.2) is 0 Å². The maximum Gasteiger partial charge on any atom is 0.0431 e. The number of hydrogen-bond donors (Lipinski definition) is 2. The van der Waals surface area contributed by atoms with Crippen LogP contribution < -0.4 is 5.32 Å². The highest BCUT2D eigenvalue weighted by molar-refractivity contribution is 4.90. The summed E-state index contributed by atoms with van der Waals surface area (Å²) < 4.78 is 0. The zero-order valence-electron chi connectivity index (χ0n) is 8.21. The monoisotopic (exact) mass is 184 g/mol. The van der Waals surface area contributed by atoms with Crippen molar-refractivity contribution in [1.82, 2.24) is 10.2 Å². The lowest BCUT2D eigenvalue weighted by molar-refractivity contribution is 0.258. The Hall–Kier alpha value is -0.120. The summed E-state index contributed by atoms with van der Waals surface area (Å²) in [5.41, 5.74) is 0. The summed E-state index contributed by atoms with van der Waals surface area (Å²) in [5.74, 6) is 1.82. The topological polar surface area (TPSA) is 35.5 Å². The minimum atomic E-state index is 0.349. The predicted molar refractivity (Wildman–Crippen MR) is 52.6 cm³/mol. The molecule has 13 heavy (non-hydrogen) atoms. The van der Waals surface area contributed by atoms with Gasteiger partial charge in [-0.05, 0) is 44.3 Å². The van der Waals surface area contributed by atoms with Gasteiger partial charge in [0.25, 0.3) is 0 Å². The van der Waals surface area contributed by atoms with Crippen LogP contribution in [0.15, 0.2) is 0 Å². The maximum absolute atomic E-state index is 8.67. The van der Waals surface area contributed by atoms with Crippen LogP contribution in [0.5, 0.6) is 0 Å². The highest BCUT2D eigenvalue weighted by Crippen LogP contribution is 2.26. The number of aliphatic hydroxyl groups is 1. The molecule has 3 nitrogen and oxygen atoms in total. The van der Waals surface area contributed by atoms with Crippen LogP contribution in [0.25, 0.3) is 0 Å². The summed E-state index contributed by atoms with van der Waals surface area (Å²) >= 11 is 0. The molecule has 0 amide bonds. The van der Waals surface area contributed by atoms with Gasteiger partial charge in [0.2, 0.25) is 0 Å². The third kappa shape index (κ3) is 2.22. The van der Waals surface area contributed by atoms with E-state index < -0.39 is 0 Å². The average Bonchev–Trinajstić information content (AvgIpc) is 2.64. The lowest BCUT2D eigenvalue weighted by Crippen LogP contribution is -2.26. The first-order valence-electron chi connectivity index (χ1n) is 5.44. The first kappa shape index (κ1) is 9.44. The van der Waals surface area contributed by atoms with E-state index >= 15 is 0 Å². The maximum atomic E-state index is 8.67. The number of nitrogens with zero attached hydrogens (tertiary/aromatic N) is 1. The zero-order valence-corrected chi connectivity index (χ0v) is 8.21. The van der Waals surface area contributed by atoms with E-state index in [1.807, 2.05) is 0 Å². The SMILES string of the molecule is OCCCCN1C[C@H]2CNC[C@H]2C1. The molecule has 2 rings (SSSR count). The second-order valence-electron chi connectivity index (χ2n) is 4.37. The molecule has 2 N–H and O–H groups in total. The molecule has 0 aromatic rings. The number of fused-ring (bicyclic) bond motifs is 1. The van der Waals surface area contributed by atoms with Crippen molar-refractivity contribution in [3.8, 4) is 0 Å². The van der Waals surface area contributed by atoms with E-state index in [2.05, 4.69) is 10.2 Å². The fourth-order valence-electron chi connectivity index (χ4n) is 2.58. The molecule has 0 aliphatic carbocycles. The molecule has 2 fully saturated rings. The molecule has 0 spiro atoms. The first-order chi connectivity index (χ1) is 6.40. The van der Waals surface area contributed by atoms with Crippen molar-refractivity contribution < 1.29 is 5.11 Å². The molecular weight excluding hydrogens is 164 g/mol. The average molecular weight is 184 g/mol. The molecule has 0 unspecified atom stereocenters. The van der Waals surface area contributed by atoms with Crippen molar-refractivity contribution in [3.05, 3.63) is 0 Å². The first-order valence-corrected chi connectivity index (χ1v) is 5.44. The Morgan fingerprint density at radius 3 is 2.46 bits per heavy atom. The molecule has 2 saturated heterocycles. The van der Waals surface area contributed by atoms with Gasteiger partial charge in [-0.2, -0.15) is 0 Å². The third-order valence-corrected chi connectivity index (χ3v) is 3.35. The van der Waals surface area contributed by atoms with E-state index in [-0.39, 0.29) is 0 Å². The lowest BCUT2D eigenvalue weighted by atomic mass is 10.0. The summed E-state index contributed by atoms with van der Waals surface area (Å²) in [4.78, 5) is 2.56. The number of hydrogen-bond acceptors (Lipinski definition) is 3. The Bertz CT molecular complexity index is 151. The van der Waals surface area contributed by atoms with E-state index in [0.717, 1.165) is 24.7 Å². The molecule has 2 aliphatic heterocycles. The van der Waals surface area contributed by atoms with Gasteiger partial charge in [-0.1, -0.05) is 0 Å². The number of nitrogens with one attached hydrogen (secondary N) is 1. The molecule has 0 bridgehead atoms. The van der Waals surface area contributed by atoms with E-state index in [4.69, 9.17) is 5.11 Å². The Balaban J connectivity index is 1.67. The van der Waals surface area contributed by atoms with Crippen LogP contribution in [0, 0.1) is 11.8 Å². The van der Waals surface area contributed by atoms with Crippen molar-refractivity contribution in [2.75, 3.05) is 39.3 Å². The summed E-state index contributed by atoms with van der Waals surface area (Å²) in [6.07, 6.45) is 2.12. The van der Waals surface area contributed by atoms with Crippen molar-refractivity contribution in [2.45, 2.75) is 12.8 Å². The van der Waals surface area contributed by atoms with Gasteiger partial charge in [-0.15, -0.1) is 0 Å². The smallest absolute Gasteiger partial charge is 0.0431 e. The fourth-order valence-corrected chi connectivity index (χ4v) is 2.58. The van der Waals surface area contributed by atoms with Gasteiger partial charge in [-0.3, -0.25) is 0 Å². The van der Waals surface area contributed by atoms with Crippen LogP contribution >= 0.6 is 0 Å². The van der Waals surface area contributed by atoms with Crippen molar-refractivity contribution in [2.24, 2.45) is 11.8 Å². The summed E-state index contributed by atoms with van der Waals surface area (Å²) in [7, 11) is 0. The number of likely N-dealkylation sites (tertiary alicyclic amines) is 1. The van der Waals surface area contributed by atoms with Crippen LogP contribution in [0.3, 0.4) is 0 Å². The normalized spacial score (nSPS) is 33.9. The second-order valence-corrected chi connectivity index (χ2v) is 4.37. The molecule has 76 valence electrons. The highest BCUT2D eigenvalue weighted by Gasteiger charge is 2.35. The number of rotatable bonds is 4. The van der Waals surface area contributed by atoms with Gasteiger partial charge in [-0.25, -0.2) is 0 Å².